The van der Waals surface area contributed by atoms with E-state index in [9.17, 15) is 0 Å². The molecule has 2 rings (SSSR count). The number of hydrogen-bond donors (Lipinski definition) is 0. The van der Waals surface area contributed by atoms with Gasteiger partial charge in [0, 0.05) is 25.6 Å². The van der Waals surface area contributed by atoms with Crippen molar-refractivity contribution in [3.8, 4) is 0 Å². The third kappa shape index (κ3) is 2.52. The Balaban J connectivity index is 1.90. The Hall–Kier alpha value is -0.890. The molecule has 2 heterocycles. The first-order valence-corrected chi connectivity index (χ1v) is 4.92. The molecule has 1 aromatic heterocycles. The molecule has 0 N–H and O–H groups in total. The summed E-state index contributed by atoms with van der Waals surface area (Å²) in [6.07, 6.45) is 7.37. The average molecular weight is 177 g/mol. The number of aromatic nitrogens is 1. The molecule has 1 saturated heterocycles. The Morgan fingerprint density at radius 1 is 1.38 bits per heavy atom. The normalized spacial score (nSPS) is 18.8. The molecular formula is C11H15NO. The minimum absolute atomic E-state index is 0.804. The second kappa shape index (κ2) is 4.38. The van der Waals surface area contributed by atoms with Crippen LogP contribution in [0.5, 0.6) is 0 Å². The van der Waals surface area contributed by atoms with Crippen molar-refractivity contribution in [2.24, 2.45) is 5.92 Å². The number of pyridine rings is 1. The molecule has 0 aliphatic carbocycles. The molecule has 0 atom stereocenters. The zero-order valence-electron chi connectivity index (χ0n) is 7.78. The molecule has 1 fully saturated rings. The maximum absolute atomic E-state index is 5.32. The molecule has 70 valence electrons. The van der Waals surface area contributed by atoms with Gasteiger partial charge in [0.1, 0.15) is 0 Å². The molecule has 2 heteroatoms. The molecule has 0 bridgehead atoms. The smallest absolute Gasteiger partial charge is 0.0468 e. The zero-order chi connectivity index (χ0) is 8.93. The van der Waals surface area contributed by atoms with Gasteiger partial charge >= 0.3 is 0 Å². The lowest BCUT2D eigenvalue weighted by molar-refractivity contribution is 0.0665. The second-order valence-electron chi connectivity index (χ2n) is 3.62. The van der Waals surface area contributed by atoms with Crippen molar-refractivity contribution in [3.05, 3.63) is 30.1 Å². The summed E-state index contributed by atoms with van der Waals surface area (Å²) in [4.78, 5) is 4.12. The molecule has 0 radical (unpaired) electrons. The largest absolute Gasteiger partial charge is 0.381 e. The Kier molecular flexibility index (Phi) is 2.93. The van der Waals surface area contributed by atoms with Gasteiger partial charge in [-0.1, -0.05) is 6.07 Å². The zero-order valence-corrected chi connectivity index (χ0v) is 7.78. The third-order valence-corrected chi connectivity index (χ3v) is 2.59. The Morgan fingerprint density at radius 2 is 2.23 bits per heavy atom. The van der Waals surface area contributed by atoms with E-state index < -0.39 is 0 Å². The van der Waals surface area contributed by atoms with E-state index in [0.29, 0.717) is 0 Å². The molecule has 0 spiro atoms. The van der Waals surface area contributed by atoms with Crippen LogP contribution in [0.15, 0.2) is 24.5 Å². The highest BCUT2D eigenvalue weighted by Crippen LogP contribution is 2.19. The molecule has 1 aromatic rings. The standard InChI is InChI=1S/C11H15NO/c1-2-11(9-12-5-1)8-10-3-6-13-7-4-10/h1-2,5,9-10H,3-4,6-8H2. The summed E-state index contributed by atoms with van der Waals surface area (Å²) >= 11 is 0. The van der Waals surface area contributed by atoms with Crippen LogP contribution < -0.4 is 0 Å². The van der Waals surface area contributed by atoms with Gasteiger partial charge in [-0.3, -0.25) is 4.98 Å². The fourth-order valence-electron chi connectivity index (χ4n) is 1.80. The van der Waals surface area contributed by atoms with E-state index in [4.69, 9.17) is 4.74 Å². The lowest BCUT2D eigenvalue weighted by Gasteiger charge is -2.21. The molecule has 0 amide bonds. The van der Waals surface area contributed by atoms with E-state index >= 15 is 0 Å². The average Bonchev–Trinajstić information content (AvgIpc) is 2.21. The van der Waals surface area contributed by atoms with Crippen LogP contribution in [-0.2, 0) is 11.2 Å². The van der Waals surface area contributed by atoms with E-state index in [0.717, 1.165) is 25.6 Å². The molecule has 0 unspecified atom stereocenters. The lowest BCUT2D eigenvalue weighted by Crippen LogP contribution is -2.17. The fraction of sp³-hybridized carbons (Fsp3) is 0.545. The van der Waals surface area contributed by atoms with E-state index in [-0.39, 0.29) is 0 Å². The molecule has 1 aliphatic heterocycles. The monoisotopic (exact) mass is 177 g/mol. The molecule has 2 nitrogen and oxygen atoms in total. The fourth-order valence-corrected chi connectivity index (χ4v) is 1.80. The van der Waals surface area contributed by atoms with Gasteiger partial charge < -0.3 is 4.74 Å². The van der Waals surface area contributed by atoms with E-state index in [1.54, 1.807) is 0 Å². The van der Waals surface area contributed by atoms with E-state index in [1.807, 2.05) is 18.5 Å². The Labute approximate surface area is 78.9 Å². The van der Waals surface area contributed by atoms with Crippen LogP contribution >= 0.6 is 0 Å². The molecular weight excluding hydrogens is 162 g/mol. The Morgan fingerprint density at radius 3 is 2.92 bits per heavy atom. The first-order chi connectivity index (χ1) is 6.45. The summed E-state index contributed by atoms with van der Waals surface area (Å²) in [5, 5.41) is 0. The van der Waals surface area contributed by atoms with Crippen LogP contribution in [0.25, 0.3) is 0 Å². The summed E-state index contributed by atoms with van der Waals surface area (Å²) in [5.41, 5.74) is 1.36. The highest BCUT2D eigenvalue weighted by atomic mass is 16.5. The van der Waals surface area contributed by atoms with E-state index in [1.165, 1.54) is 18.4 Å². The van der Waals surface area contributed by atoms with Crippen molar-refractivity contribution >= 4 is 0 Å². The summed E-state index contributed by atoms with van der Waals surface area (Å²) < 4.78 is 5.32. The van der Waals surface area contributed by atoms with Crippen molar-refractivity contribution in [2.45, 2.75) is 19.3 Å². The van der Waals surface area contributed by atoms with Crippen LogP contribution in [0.1, 0.15) is 18.4 Å². The number of rotatable bonds is 2. The second-order valence-corrected chi connectivity index (χ2v) is 3.62. The van der Waals surface area contributed by atoms with Crippen LogP contribution in [0, 0.1) is 5.92 Å². The highest BCUT2D eigenvalue weighted by Gasteiger charge is 2.13. The van der Waals surface area contributed by atoms with Gasteiger partial charge in [0.2, 0.25) is 0 Å². The molecule has 13 heavy (non-hydrogen) atoms. The quantitative estimate of drug-likeness (QED) is 0.689. The van der Waals surface area contributed by atoms with Crippen LogP contribution in [0.2, 0.25) is 0 Å². The van der Waals surface area contributed by atoms with Crippen molar-refractivity contribution in [3.63, 3.8) is 0 Å². The Bertz CT molecular complexity index is 242. The minimum Gasteiger partial charge on any atom is -0.381 e. The number of hydrogen-bond acceptors (Lipinski definition) is 2. The van der Waals surface area contributed by atoms with Gasteiger partial charge in [-0.15, -0.1) is 0 Å². The molecule has 0 saturated carbocycles. The van der Waals surface area contributed by atoms with Gasteiger partial charge in [-0.25, -0.2) is 0 Å². The SMILES string of the molecule is c1cncc(CC2CCOCC2)c1. The predicted molar refractivity (Wildman–Crippen MR) is 51.5 cm³/mol. The van der Waals surface area contributed by atoms with Crippen molar-refractivity contribution in [2.75, 3.05) is 13.2 Å². The minimum atomic E-state index is 0.804. The maximum Gasteiger partial charge on any atom is 0.0468 e. The summed E-state index contributed by atoms with van der Waals surface area (Å²) in [5.74, 6) is 0.804. The van der Waals surface area contributed by atoms with Gasteiger partial charge in [-0.2, -0.15) is 0 Å². The van der Waals surface area contributed by atoms with Gasteiger partial charge in [0.15, 0.2) is 0 Å². The van der Waals surface area contributed by atoms with Crippen LogP contribution in [-0.4, -0.2) is 18.2 Å². The van der Waals surface area contributed by atoms with Crippen molar-refractivity contribution < 1.29 is 4.74 Å². The predicted octanol–water partition coefficient (Wildman–Crippen LogP) is 2.05. The van der Waals surface area contributed by atoms with Gasteiger partial charge in [0.05, 0.1) is 0 Å². The topological polar surface area (TPSA) is 22.1 Å². The van der Waals surface area contributed by atoms with Crippen molar-refractivity contribution in [1.82, 2.24) is 4.98 Å². The number of nitrogens with zero attached hydrogens (tertiary/aromatic N) is 1. The maximum atomic E-state index is 5.32. The van der Waals surface area contributed by atoms with Gasteiger partial charge in [-0.05, 0) is 36.8 Å². The third-order valence-electron chi connectivity index (χ3n) is 2.59. The lowest BCUT2D eigenvalue weighted by atomic mass is 9.93. The van der Waals surface area contributed by atoms with Crippen LogP contribution in [0.3, 0.4) is 0 Å². The first-order valence-electron chi connectivity index (χ1n) is 4.92. The van der Waals surface area contributed by atoms with Crippen molar-refractivity contribution in [1.29, 1.82) is 0 Å². The van der Waals surface area contributed by atoms with E-state index in [2.05, 4.69) is 11.1 Å². The van der Waals surface area contributed by atoms with Crippen LogP contribution in [0.4, 0.5) is 0 Å². The highest BCUT2D eigenvalue weighted by molar-refractivity contribution is 5.09. The first kappa shape index (κ1) is 8.70. The molecule has 1 aliphatic rings. The summed E-state index contributed by atoms with van der Waals surface area (Å²) in [7, 11) is 0. The summed E-state index contributed by atoms with van der Waals surface area (Å²) in [6.45, 7) is 1.87. The van der Waals surface area contributed by atoms with Gasteiger partial charge in [0.25, 0.3) is 0 Å². The summed E-state index contributed by atoms with van der Waals surface area (Å²) in [6, 6.07) is 4.16. The molecule has 0 aromatic carbocycles. The number of ether oxygens (including phenoxy) is 1.